The molecule has 2 N–H and O–H groups in total. The van der Waals surface area contributed by atoms with Gasteiger partial charge in [0.1, 0.15) is 17.0 Å². The summed E-state index contributed by atoms with van der Waals surface area (Å²) in [5.41, 5.74) is 2.54. The standard InChI is InChI=1S/C20H17N3O4/c1-3-23(2)13-6-4-11-8-14(20(26)27-17(11)10-13)18-21-15-7-5-12(19(24)25)9-16(15)22-18/h4-10H,3H2,1-2H3,(H,21,22)(H,24,25). The van der Waals surface area contributed by atoms with Crippen molar-refractivity contribution < 1.29 is 14.3 Å². The van der Waals surface area contributed by atoms with Crippen LogP contribution in [-0.4, -0.2) is 34.6 Å². The molecule has 0 aliphatic carbocycles. The van der Waals surface area contributed by atoms with Crippen molar-refractivity contribution in [3.05, 3.63) is 58.4 Å². The minimum atomic E-state index is -1.02. The summed E-state index contributed by atoms with van der Waals surface area (Å²) in [6, 6.07) is 12.0. The Hall–Kier alpha value is -3.61. The third-order valence-electron chi connectivity index (χ3n) is 4.62. The van der Waals surface area contributed by atoms with Gasteiger partial charge in [-0.1, -0.05) is 0 Å². The van der Waals surface area contributed by atoms with Crippen LogP contribution in [0, 0.1) is 0 Å². The van der Waals surface area contributed by atoms with Gasteiger partial charge in [0.2, 0.25) is 0 Å². The summed E-state index contributed by atoms with van der Waals surface area (Å²) in [4.78, 5) is 33.1. The fourth-order valence-corrected chi connectivity index (χ4v) is 2.96. The van der Waals surface area contributed by atoms with E-state index in [9.17, 15) is 9.59 Å². The van der Waals surface area contributed by atoms with Crippen molar-refractivity contribution in [2.45, 2.75) is 6.92 Å². The quantitative estimate of drug-likeness (QED) is 0.539. The first-order valence-electron chi connectivity index (χ1n) is 8.48. The number of carboxylic acids is 1. The molecule has 0 spiro atoms. The molecule has 7 nitrogen and oxygen atoms in total. The molecule has 0 atom stereocenters. The minimum Gasteiger partial charge on any atom is -0.478 e. The van der Waals surface area contributed by atoms with Crippen molar-refractivity contribution in [3.8, 4) is 11.4 Å². The molecule has 0 fully saturated rings. The Morgan fingerprint density at radius 1 is 1.22 bits per heavy atom. The van der Waals surface area contributed by atoms with Gasteiger partial charge in [-0.2, -0.15) is 0 Å². The number of H-pyrrole nitrogens is 1. The molecule has 0 aliphatic rings. The van der Waals surface area contributed by atoms with Crippen LogP contribution < -0.4 is 10.5 Å². The topological polar surface area (TPSA) is 99.4 Å². The summed E-state index contributed by atoms with van der Waals surface area (Å²) in [5, 5.41) is 9.89. The van der Waals surface area contributed by atoms with Crippen LogP contribution in [0.2, 0.25) is 0 Å². The van der Waals surface area contributed by atoms with E-state index in [1.807, 2.05) is 37.1 Å². The zero-order valence-corrected chi connectivity index (χ0v) is 14.8. The average Bonchev–Trinajstić information content (AvgIpc) is 3.09. The molecule has 7 heteroatoms. The number of rotatable bonds is 4. The molecule has 0 aliphatic heterocycles. The van der Waals surface area contributed by atoms with Gasteiger partial charge in [0.25, 0.3) is 0 Å². The molecule has 2 heterocycles. The van der Waals surface area contributed by atoms with Crippen LogP contribution in [0.1, 0.15) is 17.3 Å². The second-order valence-electron chi connectivity index (χ2n) is 6.31. The summed E-state index contributed by atoms with van der Waals surface area (Å²) in [7, 11) is 1.97. The van der Waals surface area contributed by atoms with Gasteiger partial charge >= 0.3 is 11.6 Å². The Labute approximate surface area is 153 Å². The molecule has 2 aromatic heterocycles. The molecule has 4 rings (SSSR count). The Balaban J connectivity index is 1.83. The summed E-state index contributed by atoms with van der Waals surface area (Å²) >= 11 is 0. The highest BCUT2D eigenvalue weighted by molar-refractivity contribution is 5.93. The van der Waals surface area contributed by atoms with Crippen LogP contribution in [0.4, 0.5) is 5.69 Å². The number of carbonyl (C=O) groups is 1. The van der Waals surface area contributed by atoms with Gasteiger partial charge in [-0.3, -0.25) is 0 Å². The highest BCUT2D eigenvalue weighted by Gasteiger charge is 2.14. The van der Waals surface area contributed by atoms with Gasteiger partial charge in [-0.15, -0.1) is 0 Å². The van der Waals surface area contributed by atoms with Crippen LogP contribution in [0.5, 0.6) is 0 Å². The van der Waals surface area contributed by atoms with E-state index in [0.717, 1.165) is 17.6 Å². The highest BCUT2D eigenvalue weighted by atomic mass is 16.4. The second-order valence-corrected chi connectivity index (χ2v) is 6.31. The number of anilines is 1. The van der Waals surface area contributed by atoms with Gasteiger partial charge in [0, 0.05) is 30.7 Å². The first kappa shape index (κ1) is 16.8. The summed E-state index contributed by atoms with van der Waals surface area (Å²) in [5.74, 6) is -0.677. The second kappa shape index (κ2) is 6.28. The van der Waals surface area contributed by atoms with Gasteiger partial charge in [-0.05, 0) is 43.3 Å². The smallest absolute Gasteiger partial charge is 0.347 e. The number of aromatic nitrogens is 2. The maximum absolute atomic E-state index is 12.5. The number of fused-ring (bicyclic) bond motifs is 2. The first-order chi connectivity index (χ1) is 13.0. The fourth-order valence-electron chi connectivity index (χ4n) is 2.96. The Morgan fingerprint density at radius 2 is 2.04 bits per heavy atom. The van der Waals surface area contributed by atoms with Crippen LogP contribution in [0.15, 0.2) is 51.7 Å². The summed E-state index contributed by atoms with van der Waals surface area (Å²) < 4.78 is 5.50. The largest absolute Gasteiger partial charge is 0.478 e. The Kier molecular flexibility index (Phi) is 3.92. The minimum absolute atomic E-state index is 0.149. The molecular weight excluding hydrogens is 346 g/mol. The maximum Gasteiger partial charge on any atom is 0.347 e. The highest BCUT2D eigenvalue weighted by Crippen LogP contribution is 2.25. The fraction of sp³-hybridized carbons (Fsp3) is 0.150. The molecule has 4 aromatic rings. The molecule has 2 aromatic carbocycles. The van der Waals surface area contributed by atoms with Crippen molar-refractivity contribution in [2.24, 2.45) is 0 Å². The molecule has 136 valence electrons. The van der Waals surface area contributed by atoms with E-state index < -0.39 is 11.6 Å². The number of imidazole rings is 1. The van der Waals surface area contributed by atoms with Gasteiger partial charge < -0.3 is 19.4 Å². The van der Waals surface area contributed by atoms with Gasteiger partial charge in [-0.25, -0.2) is 14.6 Å². The zero-order valence-electron chi connectivity index (χ0n) is 14.8. The van der Waals surface area contributed by atoms with E-state index in [1.165, 1.54) is 12.1 Å². The molecule has 0 amide bonds. The molecule has 0 radical (unpaired) electrons. The van der Waals surface area contributed by atoms with E-state index in [4.69, 9.17) is 9.52 Å². The lowest BCUT2D eigenvalue weighted by atomic mass is 10.1. The predicted molar refractivity (Wildman–Crippen MR) is 103 cm³/mol. The number of nitrogens with zero attached hydrogens (tertiary/aromatic N) is 2. The summed E-state index contributed by atoms with van der Waals surface area (Å²) in [6.45, 7) is 2.88. The molecule has 0 saturated heterocycles. The number of nitrogens with one attached hydrogen (secondary N) is 1. The predicted octanol–water partition coefficient (Wildman–Crippen LogP) is 3.49. The number of carboxylic acid groups (broad SMARTS) is 1. The normalized spacial score (nSPS) is 11.2. The monoisotopic (exact) mass is 363 g/mol. The van der Waals surface area contributed by atoms with Crippen molar-refractivity contribution >= 4 is 33.7 Å². The van der Waals surface area contributed by atoms with Crippen molar-refractivity contribution in [1.29, 1.82) is 0 Å². The number of benzene rings is 2. The average molecular weight is 363 g/mol. The van der Waals surface area contributed by atoms with E-state index in [1.54, 1.807) is 12.1 Å². The van der Waals surface area contributed by atoms with E-state index in [-0.39, 0.29) is 5.56 Å². The van der Waals surface area contributed by atoms with Crippen LogP contribution in [0.3, 0.4) is 0 Å². The lowest BCUT2D eigenvalue weighted by molar-refractivity contribution is 0.0697. The molecule has 27 heavy (non-hydrogen) atoms. The van der Waals surface area contributed by atoms with Gasteiger partial charge in [0.05, 0.1) is 16.6 Å². The lowest BCUT2D eigenvalue weighted by Gasteiger charge is -2.16. The van der Waals surface area contributed by atoms with E-state index in [2.05, 4.69) is 9.97 Å². The third kappa shape index (κ3) is 2.93. The van der Waals surface area contributed by atoms with E-state index in [0.29, 0.717) is 28.0 Å². The SMILES string of the molecule is CCN(C)c1ccc2cc(-c3nc4ccc(C(=O)O)cc4[nH]3)c(=O)oc2c1. The molecular formula is C20H17N3O4. The van der Waals surface area contributed by atoms with Crippen LogP contribution in [-0.2, 0) is 0 Å². The van der Waals surface area contributed by atoms with Crippen LogP contribution >= 0.6 is 0 Å². The third-order valence-corrected chi connectivity index (χ3v) is 4.62. The lowest BCUT2D eigenvalue weighted by Crippen LogP contribution is -2.15. The van der Waals surface area contributed by atoms with Crippen molar-refractivity contribution in [3.63, 3.8) is 0 Å². The van der Waals surface area contributed by atoms with Crippen LogP contribution in [0.25, 0.3) is 33.4 Å². The molecule has 0 unspecified atom stereocenters. The zero-order chi connectivity index (χ0) is 19.1. The molecule has 0 bridgehead atoms. The summed E-state index contributed by atoms with van der Waals surface area (Å²) in [6.07, 6.45) is 0. The Bertz CT molecular complexity index is 1240. The number of aromatic carboxylic acids is 1. The maximum atomic E-state index is 12.5. The Morgan fingerprint density at radius 3 is 2.78 bits per heavy atom. The van der Waals surface area contributed by atoms with E-state index >= 15 is 0 Å². The van der Waals surface area contributed by atoms with Crippen molar-refractivity contribution in [2.75, 3.05) is 18.5 Å². The first-order valence-corrected chi connectivity index (χ1v) is 8.48. The number of hydrogen-bond acceptors (Lipinski definition) is 5. The number of aromatic amines is 1. The number of hydrogen-bond donors (Lipinski definition) is 2. The molecule has 0 saturated carbocycles. The van der Waals surface area contributed by atoms with Gasteiger partial charge in [0.15, 0.2) is 0 Å². The van der Waals surface area contributed by atoms with Crippen molar-refractivity contribution in [1.82, 2.24) is 9.97 Å².